The third-order valence-electron chi connectivity index (χ3n) is 5.17. The number of hydrogen-bond donors (Lipinski definition) is 0. The fourth-order valence-corrected chi connectivity index (χ4v) is 3.78. The monoisotopic (exact) mass is 407 g/mol. The van der Waals surface area contributed by atoms with Gasteiger partial charge < -0.3 is 9.64 Å². The van der Waals surface area contributed by atoms with E-state index >= 15 is 0 Å². The number of hydrogen-bond acceptors (Lipinski definition) is 5. The normalized spacial score (nSPS) is 18.5. The van der Waals surface area contributed by atoms with E-state index in [0.29, 0.717) is 30.5 Å². The number of ketones is 2. The summed E-state index contributed by atoms with van der Waals surface area (Å²) in [7, 11) is 0. The average molecular weight is 407 g/mol. The van der Waals surface area contributed by atoms with Crippen molar-refractivity contribution in [1.29, 1.82) is 0 Å². The lowest BCUT2D eigenvalue weighted by Crippen LogP contribution is -2.44. The summed E-state index contributed by atoms with van der Waals surface area (Å²) in [5.41, 5.74) is 0.713. The predicted molar refractivity (Wildman–Crippen MR) is 111 cm³/mol. The predicted octanol–water partition coefficient (Wildman–Crippen LogP) is 3.41. The Morgan fingerprint density at radius 1 is 0.800 bits per heavy atom. The molecule has 0 unspecified atom stereocenters. The summed E-state index contributed by atoms with van der Waals surface area (Å²) in [4.78, 5) is 50.9. The van der Waals surface area contributed by atoms with E-state index in [1.54, 1.807) is 35.2 Å². The summed E-state index contributed by atoms with van der Waals surface area (Å²) < 4.78 is 5.15. The molecule has 6 nitrogen and oxygen atoms in total. The van der Waals surface area contributed by atoms with Crippen molar-refractivity contribution in [1.82, 2.24) is 4.90 Å². The van der Waals surface area contributed by atoms with Gasteiger partial charge in [-0.2, -0.15) is 0 Å². The number of rotatable bonds is 6. The quantitative estimate of drug-likeness (QED) is 0.416. The van der Waals surface area contributed by atoms with Crippen molar-refractivity contribution in [3.8, 4) is 0 Å². The number of Topliss-reactive ketones (excluding diaryl/α,β-unsaturated/α-hetero) is 2. The summed E-state index contributed by atoms with van der Waals surface area (Å²) in [5, 5.41) is 0. The van der Waals surface area contributed by atoms with Crippen molar-refractivity contribution >= 4 is 23.4 Å². The van der Waals surface area contributed by atoms with Crippen LogP contribution in [0.2, 0.25) is 0 Å². The van der Waals surface area contributed by atoms with Crippen LogP contribution in [0.5, 0.6) is 0 Å². The molecule has 0 aliphatic carbocycles. The number of carbonyl (C=O) groups is 4. The fraction of sp³-hybridized carbons (Fsp3) is 0.333. The number of amides is 1. The Morgan fingerprint density at radius 2 is 1.30 bits per heavy atom. The molecule has 3 rings (SSSR count). The van der Waals surface area contributed by atoms with Crippen LogP contribution in [0.1, 0.15) is 51.3 Å². The van der Waals surface area contributed by atoms with E-state index in [1.165, 1.54) is 24.3 Å². The third-order valence-corrected chi connectivity index (χ3v) is 5.17. The summed E-state index contributed by atoms with van der Waals surface area (Å²) >= 11 is 0. The fourth-order valence-electron chi connectivity index (χ4n) is 3.78. The lowest BCUT2D eigenvalue weighted by atomic mass is 9.92. The standard InChI is InChI=1S/C24H25NO5/c1-16-12-17(2)14-25(13-16)21(26)15-30-24(29)20-10-8-19(9-11-20)23(28)22(27)18-6-4-3-5-7-18/h3-11,16-17H,12-15H2,1-2H3/t16-,17-/m1/s1. The van der Waals surface area contributed by atoms with Gasteiger partial charge in [-0.05, 0) is 30.4 Å². The summed E-state index contributed by atoms with van der Waals surface area (Å²) in [6.45, 7) is 5.24. The molecule has 1 saturated heterocycles. The topological polar surface area (TPSA) is 80.8 Å². The van der Waals surface area contributed by atoms with Crippen molar-refractivity contribution in [3.63, 3.8) is 0 Å². The van der Waals surface area contributed by atoms with Gasteiger partial charge in [-0.3, -0.25) is 14.4 Å². The van der Waals surface area contributed by atoms with Crippen molar-refractivity contribution in [3.05, 3.63) is 71.3 Å². The number of likely N-dealkylation sites (tertiary alicyclic amines) is 1. The van der Waals surface area contributed by atoms with Crippen LogP contribution >= 0.6 is 0 Å². The number of piperidine rings is 1. The minimum atomic E-state index is -0.648. The number of benzene rings is 2. The second kappa shape index (κ2) is 9.48. The zero-order valence-corrected chi connectivity index (χ0v) is 17.2. The van der Waals surface area contributed by atoms with Gasteiger partial charge in [0.05, 0.1) is 5.56 Å². The van der Waals surface area contributed by atoms with Gasteiger partial charge in [-0.25, -0.2) is 4.79 Å². The van der Waals surface area contributed by atoms with Gasteiger partial charge in [-0.15, -0.1) is 0 Å². The minimum Gasteiger partial charge on any atom is -0.452 e. The first-order valence-corrected chi connectivity index (χ1v) is 10.0. The molecule has 1 heterocycles. The van der Waals surface area contributed by atoms with Crippen LogP contribution in [-0.2, 0) is 9.53 Å². The molecule has 1 aliphatic rings. The number of carbonyl (C=O) groups excluding carboxylic acids is 4. The number of esters is 1. The molecule has 30 heavy (non-hydrogen) atoms. The molecule has 1 fully saturated rings. The summed E-state index contributed by atoms with van der Waals surface area (Å²) in [5.74, 6) is -1.25. The Balaban J connectivity index is 1.56. The highest BCUT2D eigenvalue weighted by atomic mass is 16.5. The lowest BCUT2D eigenvalue weighted by Gasteiger charge is -2.34. The van der Waals surface area contributed by atoms with Crippen molar-refractivity contribution in [2.24, 2.45) is 11.8 Å². The highest BCUT2D eigenvalue weighted by Gasteiger charge is 2.26. The molecule has 6 heteroatoms. The Morgan fingerprint density at radius 3 is 1.87 bits per heavy atom. The molecular weight excluding hydrogens is 382 g/mol. The van der Waals surface area contributed by atoms with Gasteiger partial charge >= 0.3 is 5.97 Å². The number of nitrogens with zero attached hydrogens (tertiary/aromatic N) is 1. The van der Waals surface area contributed by atoms with Crippen LogP contribution in [0.4, 0.5) is 0 Å². The largest absolute Gasteiger partial charge is 0.452 e. The van der Waals surface area contributed by atoms with E-state index in [9.17, 15) is 19.2 Å². The Hall–Kier alpha value is -3.28. The highest BCUT2D eigenvalue weighted by Crippen LogP contribution is 2.21. The molecule has 1 amide bonds. The van der Waals surface area contributed by atoms with Crippen LogP contribution in [0.15, 0.2) is 54.6 Å². The molecule has 0 N–H and O–H groups in total. The van der Waals surface area contributed by atoms with Crippen LogP contribution in [-0.4, -0.2) is 48.0 Å². The third kappa shape index (κ3) is 5.20. The maximum Gasteiger partial charge on any atom is 0.338 e. The molecule has 0 bridgehead atoms. The average Bonchev–Trinajstić information content (AvgIpc) is 2.76. The van der Waals surface area contributed by atoms with Gasteiger partial charge in [0.1, 0.15) is 0 Å². The smallest absolute Gasteiger partial charge is 0.338 e. The Labute approximate surface area is 175 Å². The molecule has 2 aromatic carbocycles. The maximum atomic E-state index is 12.4. The summed E-state index contributed by atoms with van der Waals surface area (Å²) in [6, 6.07) is 14.0. The SMILES string of the molecule is C[C@@H]1C[C@@H](C)CN(C(=O)COC(=O)c2ccc(C(=O)C(=O)c3ccccc3)cc2)C1. The van der Waals surface area contributed by atoms with Crippen molar-refractivity contribution < 1.29 is 23.9 Å². The lowest BCUT2D eigenvalue weighted by molar-refractivity contribution is -0.137. The van der Waals surface area contributed by atoms with Crippen LogP contribution < -0.4 is 0 Å². The van der Waals surface area contributed by atoms with E-state index in [4.69, 9.17) is 4.74 Å². The van der Waals surface area contributed by atoms with E-state index < -0.39 is 17.5 Å². The Kier molecular flexibility index (Phi) is 6.77. The first-order chi connectivity index (χ1) is 14.3. The zero-order chi connectivity index (χ0) is 21.7. The first-order valence-electron chi connectivity index (χ1n) is 10.0. The molecule has 0 saturated carbocycles. The van der Waals surface area contributed by atoms with Gasteiger partial charge in [0.25, 0.3) is 5.91 Å². The van der Waals surface area contributed by atoms with Crippen molar-refractivity contribution in [2.45, 2.75) is 20.3 Å². The van der Waals surface area contributed by atoms with Crippen LogP contribution in [0.3, 0.4) is 0 Å². The molecule has 2 atom stereocenters. The summed E-state index contributed by atoms with van der Waals surface area (Å²) in [6.07, 6.45) is 1.08. The maximum absolute atomic E-state index is 12.4. The molecule has 1 aliphatic heterocycles. The molecule has 0 spiro atoms. The van der Waals surface area contributed by atoms with Crippen LogP contribution in [0.25, 0.3) is 0 Å². The Bertz CT molecular complexity index is 926. The highest BCUT2D eigenvalue weighted by molar-refractivity contribution is 6.49. The molecule has 2 aromatic rings. The van der Waals surface area contributed by atoms with Gasteiger partial charge in [-0.1, -0.05) is 56.3 Å². The second-order valence-electron chi connectivity index (χ2n) is 7.92. The van der Waals surface area contributed by atoms with Gasteiger partial charge in [0.2, 0.25) is 11.6 Å². The second-order valence-corrected chi connectivity index (χ2v) is 7.92. The van der Waals surface area contributed by atoms with E-state index in [-0.39, 0.29) is 23.6 Å². The van der Waals surface area contributed by atoms with Gasteiger partial charge in [0.15, 0.2) is 6.61 Å². The van der Waals surface area contributed by atoms with Crippen molar-refractivity contribution in [2.75, 3.05) is 19.7 Å². The first kappa shape index (κ1) is 21.4. The molecule has 0 aromatic heterocycles. The van der Waals surface area contributed by atoms with E-state index in [1.807, 2.05) is 0 Å². The minimum absolute atomic E-state index is 0.188. The van der Waals surface area contributed by atoms with E-state index in [2.05, 4.69) is 13.8 Å². The number of ether oxygens (including phenoxy) is 1. The molecule has 156 valence electrons. The molecule has 0 radical (unpaired) electrons. The zero-order valence-electron chi connectivity index (χ0n) is 17.2. The van der Waals surface area contributed by atoms with Gasteiger partial charge in [0, 0.05) is 24.2 Å². The molecular formula is C24H25NO5. The van der Waals surface area contributed by atoms with Crippen LogP contribution in [0, 0.1) is 11.8 Å². The van der Waals surface area contributed by atoms with E-state index in [0.717, 1.165) is 6.42 Å².